The van der Waals surface area contributed by atoms with Crippen molar-refractivity contribution in [1.82, 2.24) is 9.80 Å². The molecule has 124 valence electrons. The fraction of sp³-hybridized carbons (Fsp3) is 0.647. The summed E-state index contributed by atoms with van der Waals surface area (Å²) in [5.74, 6) is 1.65. The summed E-state index contributed by atoms with van der Waals surface area (Å²) in [6.45, 7) is 9.40. The lowest BCUT2D eigenvalue weighted by Crippen LogP contribution is -2.53. The molecular formula is C17H29N3O2. The van der Waals surface area contributed by atoms with E-state index in [1.807, 2.05) is 12.1 Å². The standard InChI is InChI=1S/C17H29N3O2/c1-5-19-8-9-20(13(2)12-19)16(11-18)15-7-6-14(21-3)10-17(15)22-4/h6-7,10,13,16H,5,8-9,11-12,18H2,1-4H3. The molecule has 0 aliphatic carbocycles. The van der Waals surface area contributed by atoms with Gasteiger partial charge in [0, 0.05) is 43.9 Å². The van der Waals surface area contributed by atoms with Gasteiger partial charge in [0.1, 0.15) is 11.5 Å². The van der Waals surface area contributed by atoms with Crippen LogP contribution >= 0.6 is 0 Å². The smallest absolute Gasteiger partial charge is 0.127 e. The van der Waals surface area contributed by atoms with Crippen molar-refractivity contribution in [2.45, 2.75) is 25.9 Å². The maximum absolute atomic E-state index is 6.12. The Kier molecular flexibility index (Phi) is 6.06. The molecule has 1 aromatic rings. The van der Waals surface area contributed by atoms with Gasteiger partial charge in [-0.25, -0.2) is 0 Å². The van der Waals surface area contributed by atoms with Gasteiger partial charge in [0.2, 0.25) is 0 Å². The molecule has 5 heteroatoms. The Bertz CT molecular complexity index is 481. The Balaban J connectivity index is 2.24. The molecule has 1 aromatic carbocycles. The minimum Gasteiger partial charge on any atom is -0.497 e. The topological polar surface area (TPSA) is 51.0 Å². The molecule has 0 saturated carbocycles. The number of benzene rings is 1. The summed E-state index contributed by atoms with van der Waals surface area (Å²) in [5.41, 5.74) is 7.26. The van der Waals surface area contributed by atoms with E-state index in [1.165, 1.54) is 0 Å². The van der Waals surface area contributed by atoms with E-state index in [2.05, 4.69) is 29.7 Å². The highest BCUT2D eigenvalue weighted by Gasteiger charge is 2.30. The maximum atomic E-state index is 6.12. The van der Waals surface area contributed by atoms with Crippen LogP contribution in [0.5, 0.6) is 11.5 Å². The van der Waals surface area contributed by atoms with E-state index in [0.29, 0.717) is 12.6 Å². The zero-order chi connectivity index (χ0) is 16.1. The molecule has 0 radical (unpaired) electrons. The van der Waals surface area contributed by atoms with Crippen molar-refractivity contribution < 1.29 is 9.47 Å². The van der Waals surface area contributed by atoms with Gasteiger partial charge in [-0.2, -0.15) is 0 Å². The number of hydrogen-bond acceptors (Lipinski definition) is 5. The number of rotatable bonds is 6. The molecule has 0 aromatic heterocycles. The van der Waals surface area contributed by atoms with Crippen LogP contribution in [0.15, 0.2) is 18.2 Å². The number of likely N-dealkylation sites (N-methyl/N-ethyl adjacent to an activating group) is 1. The molecular weight excluding hydrogens is 278 g/mol. The second-order valence-electron chi connectivity index (χ2n) is 5.84. The highest BCUT2D eigenvalue weighted by Crippen LogP contribution is 2.33. The summed E-state index contributed by atoms with van der Waals surface area (Å²) in [6.07, 6.45) is 0. The summed E-state index contributed by atoms with van der Waals surface area (Å²) in [7, 11) is 3.37. The van der Waals surface area contributed by atoms with Crippen molar-refractivity contribution in [2.24, 2.45) is 5.73 Å². The maximum Gasteiger partial charge on any atom is 0.127 e. The van der Waals surface area contributed by atoms with Crippen LogP contribution in [0, 0.1) is 0 Å². The molecule has 22 heavy (non-hydrogen) atoms. The van der Waals surface area contributed by atoms with Crippen LogP contribution in [0.25, 0.3) is 0 Å². The number of methoxy groups -OCH3 is 2. The number of piperazine rings is 1. The van der Waals surface area contributed by atoms with E-state index in [1.54, 1.807) is 14.2 Å². The van der Waals surface area contributed by atoms with Crippen LogP contribution in [0.3, 0.4) is 0 Å². The summed E-state index contributed by atoms with van der Waals surface area (Å²) >= 11 is 0. The van der Waals surface area contributed by atoms with Crippen molar-refractivity contribution in [3.8, 4) is 11.5 Å². The second-order valence-corrected chi connectivity index (χ2v) is 5.84. The van der Waals surface area contributed by atoms with Crippen LogP contribution in [0.4, 0.5) is 0 Å². The van der Waals surface area contributed by atoms with Gasteiger partial charge in [-0.05, 0) is 19.5 Å². The second kappa shape index (κ2) is 7.81. The summed E-state index contributed by atoms with van der Waals surface area (Å²) in [4.78, 5) is 4.98. The molecule has 5 nitrogen and oxygen atoms in total. The van der Waals surface area contributed by atoms with Gasteiger partial charge in [-0.3, -0.25) is 4.90 Å². The predicted octanol–water partition coefficient (Wildman–Crippen LogP) is 1.73. The van der Waals surface area contributed by atoms with Crippen LogP contribution in [0.1, 0.15) is 25.5 Å². The first-order valence-electron chi connectivity index (χ1n) is 8.04. The molecule has 1 heterocycles. The first kappa shape index (κ1) is 17.1. The molecule has 2 rings (SSSR count). The van der Waals surface area contributed by atoms with E-state index < -0.39 is 0 Å². The number of nitrogens with zero attached hydrogens (tertiary/aromatic N) is 2. The lowest BCUT2D eigenvalue weighted by Gasteiger charge is -2.43. The zero-order valence-corrected chi connectivity index (χ0v) is 14.2. The number of hydrogen-bond donors (Lipinski definition) is 1. The molecule has 0 bridgehead atoms. The third-order valence-corrected chi connectivity index (χ3v) is 4.63. The molecule has 1 saturated heterocycles. The Morgan fingerprint density at radius 1 is 1.27 bits per heavy atom. The molecule has 1 fully saturated rings. The van der Waals surface area contributed by atoms with Crippen molar-refractivity contribution in [3.05, 3.63) is 23.8 Å². The van der Waals surface area contributed by atoms with Crippen molar-refractivity contribution >= 4 is 0 Å². The van der Waals surface area contributed by atoms with Crippen LogP contribution in [0.2, 0.25) is 0 Å². The molecule has 2 N–H and O–H groups in total. The van der Waals surface area contributed by atoms with Crippen LogP contribution in [-0.2, 0) is 0 Å². The van der Waals surface area contributed by atoms with Gasteiger partial charge in [0.25, 0.3) is 0 Å². The zero-order valence-electron chi connectivity index (χ0n) is 14.2. The summed E-state index contributed by atoms with van der Waals surface area (Å²) < 4.78 is 10.9. The van der Waals surface area contributed by atoms with Crippen molar-refractivity contribution in [2.75, 3.05) is 46.9 Å². The number of nitrogens with two attached hydrogens (primary N) is 1. The van der Waals surface area contributed by atoms with Crippen molar-refractivity contribution in [3.63, 3.8) is 0 Å². The molecule has 2 atom stereocenters. The van der Waals surface area contributed by atoms with Crippen LogP contribution in [-0.4, -0.2) is 62.8 Å². The summed E-state index contributed by atoms with van der Waals surface area (Å²) in [6, 6.07) is 6.65. The average Bonchev–Trinajstić information content (AvgIpc) is 2.56. The Labute approximate surface area is 134 Å². The lowest BCUT2D eigenvalue weighted by molar-refractivity contribution is 0.0527. The highest BCUT2D eigenvalue weighted by molar-refractivity contribution is 5.42. The van der Waals surface area contributed by atoms with Crippen LogP contribution < -0.4 is 15.2 Å². The highest BCUT2D eigenvalue weighted by atomic mass is 16.5. The first-order chi connectivity index (χ1) is 10.6. The predicted molar refractivity (Wildman–Crippen MR) is 89.6 cm³/mol. The van der Waals surface area contributed by atoms with Gasteiger partial charge in [-0.15, -0.1) is 0 Å². The van der Waals surface area contributed by atoms with Gasteiger partial charge in [0.05, 0.1) is 20.3 Å². The molecule has 1 aliphatic heterocycles. The third kappa shape index (κ3) is 3.54. The van der Waals surface area contributed by atoms with Gasteiger partial charge < -0.3 is 20.1 Å². The van der Waals surface area contributed by atoms with E-state index in [0.717, 1.165) is 43.2 Å². The lowest BCUT2D eigenvalue weighted by atomic mass is 10.0. The average molecular weight is 307 g/mol. The van der Waals surface area contributed by atoms with Crippen molar-refractivity contribution in [1.29, 1.82) is 0 Å². The van der Waals surface area contributed by atoms with E-state index in [-0.39, 0.29) is 6.04 Å². The minimum atomic E-state index is 0.176. The minimum absolute atomic E-state index is 0.176. The molecule has 0 amide bonds. The van der Waals surface area contributed by atoms with Gasteiger partial charge in [0.15, 0.2) is 0 Å². The fourth-order valence-corrected chi connectivity index (χ4v) is 3.33. The van der Waals surface area contributed by atoms with Gasteiger partial charge in [-0.1, -0.05) is 13.0 Å². The quantitative estimate of drug-likeness (QED) is 0.867. The van der Waals surface area contributed by atoms with Gasteiger partial charge >= 0.3 is 0 Å². The normalized spacial score (nSPS) is 21.6. The molecule has 2 unspecified atom stereocenters. The van der Waals surface area contributed by atoms with E-state index >= 15 is 0 Å². The Morgan fingerprint density at radius 2 is 2.05 bits per heavy atom. The molecule has 0 spiro atoms. The van der Waals surface area contributed by atoms with E-state index in [9.17, 15) is 0 Å². The number of ether oxygens (including phenoxy) is 2. The summed E-state index contributed by atoms with van der Waals surface area (Å²) in [5, 5.41) is 0. The Morgan fingerprint density at radius 3 is 2.59 bits per heavy atom. The first-order valence-corrected chi connectivity index (χ1v) is 8.04. The largest absolute Gasteiger partial charge is 0.497 e. The SMILES string of the molecule is CCN1CCN(C(CN)c2ccc(OC)cc2OC)C(C)C1. The molecule has 1 aliphatic rings. The fourth-order valence-electron chi connectivity index (χ4n) is 3.33. The third-order valence-electron chi connectivity index (χ3n) is 4.63. The Hall–Kier alpha value is -1.30. The monoisotopic (exact) mass is 307 g/mol. The van der Waals surface area contributed by atoms with E-state index in [4.69, 9.17) is 15.2 Å².